The lowest BCUT2D eigenvalue weighted by Gasteiger charge is -2.01. The lowest BCUT2D eigenvalue weighted by Crippen LogP contribution is -2.01. The molecule has 3 rings (SSSR count). The van der Waals surface area contributed by atoms with Crippen molar-refractivity contribution in [3.05, 3.63) is 57.3 Å². The number of aromatic nitrogens is 2. The molecular weight excluding hydrogens is 316 g/mol. The molecule has 0 fully saturated rings. The summed E-state index contributed by atoms with van der Waals surface area (Å²) in [6, 6.07) is 11.8. The van der Waals surface area contributed by atoms with E-state index in [1.165, 1.54) is 11.3 Å². The minimum atomic E-state index is -0.329. The van der Waals surface area contributed by atoms with Crippen molar-refractivity contribution in [2.24, 2.45) is 0 Å². The first kappa shape index (κ1) is 14.9. The Morgan fingerprint density at radius 3 is 2.86 bits per heavy atom. The maximum atomic E-state index is 11.8. The molecule has 0 aliphatic carbocycles. The largest absolute Gasteiger partial charge is 0.462 e. The molecule has 2 heterocycles. The van der Waals surface area contributed by atoms with E-state index in [9.17, 15) is 4.79 Å². The van der Waals surface area contributed by atoms with Gasteiger partial charge in [0.1, 0.15) is 20.2 Å². The molecule has 0 aliphatic rings. The zero-order valence-corrected chi connectivity index (χ0v) is 13.6. The van der Waals surface area contributed by atoms with Crippen molar-refractivity contribution in [1.82, 2.24) is 9.97 Å². The Hall–Kier alpha value is -2.05. The van der Waals surface area contributed by atoms with Gasteiger partial charge in [-0.3, -0.25) is 0 Å². The van der Waals surface area contributed by atoms with Crippen molar-refractivity contribution in [1.29, 1.82) is 0 Å². The van der Waals surface area contributed by atoms with Crippen molar-refractivity contribution < 1.29 is 9.53 Å². The highest BCUT2D eigenvalue weighted by Gasteiger charge is 2.13. The van der Waals surface area contributed by atoms with Gasteiger partial charge >= 0.3 is 5.97 Å². The number of aromatic amines is 1. The third-order valence-corrected chi connectivity index (χ3v) is 4.47. The molecule has 22 heavy (non-hydrogen) atoms. The minimum Gasteiger partial charge on any atom is -0.462 e. The summed E-state index contributed by atoms with van der Waals surface area (Å²) in [5, 5.41) is 0.792. The van der Waals surface area contributed by atoms with Crippen LogP contribution in [0.5, 0.6) is 0 Å². The van der Waals surface area contributed by atoms with Gasteiger partial charge in [-0.1, -0.05) is 42.5 Å². The van der Waals surface area contributed by atoms with Crippen LogP contribution >= 0.6 is 23.6 Å². The van der Waals surface area contributed by atoms with Gasteiger partial charge in [0, 0.05) is 11.8 Å². The molecule has 0 aliphatic heterocycles. The van der Waals surface area contributed by atoms with E-state index in [4.69, 9.17) is 17.0 Å². The number of hydrogen-bond acceptors (Lipinski definition) is 5. The maximum absolute atomic E-state index is 11.8. The first-order chi connectivity index (χ1) is 10.7. The van der Waals surface area contributed by atoms with Crippen molar-refractivity contribution in [2.45, 2.75) is 13.3 Å². The molecule has 0 bridgehead atoms. The van der Waals surface area contributed by atoms with Crippen LogP contribution in [0.25, 0.3) is 10.2 Å². The van der Waals surface area contributed by atoms with Crippen LogP contribution in [0, 0.1) is 4.64 Å². The molecule has 2 aromatic heterocycles. The Labute approximate surface area is 136 Å². The zero-order valence-electron chi connectivity index (χ0n) is 12.0. The Bertz CT molecular complexity index is 869. The molecule has 0 saturated carbocycles. The van der Waals surface area contributed by atoms with E-state index in [-0.39, 0.29) is 5.97 Å². The van der Waals surface area contributed by atoms with Crippen LogP contribution < -0.4 is 0 Å². The van der Waals surface area contributed by atoms with E-state index in [1.807, 2.05) is 30.3 Å². The van der Waals surface area contributed by atoms with Gasteiger partial charge in [-0.25, -0.2) is 9.78 Å². The highest BCUT2D eigenvalue weighted by Crippen LogP contribution is 2.25. The maximum Gasteiger partial charge on any atom is 0.348 e. The van der Waals surface area contributed by atoms with Crippen LogP contribution in [0.15, 0.2) is 36.4 Å². The summed E-state index contributed by atoms with van der Waals surface area (Å²) < 4.78 is 5.62. The molecule has 0 saturated heterocycles. The standard InChI is InChI=1S/C16H14N2O2S2/c1-2-20-16(19)12-9-11-14(21)17-13(18-15(11)22-12)8-10-6-4-3-5-7-10/h3-7,9H,2,8H2,1H3,(H,17,18,21). The number of esters is 1. The summed E-state index contributed by atoms with van der Waals surface area (Å²) in [6.45, 7) is 2.14. The Morgan fingerprint density at radius 2 is 2.14 bits per heavy atom. The lowest BCUT2D eigenvalue weighted by atomic mass is 10.1. The predicted octanol–water partition coefficient (Wildman–Crippen LogP) is 4.12. The second-order valence-electron chi connectivity index (χ2n) is 4.72. The van der Waals surface area contributed by atoms with Gasteiger partial charge in [0.2, 0.25) is 0 Å². The molecule has 0 atom stereocenters. The number of carbonyl (C=O) groups excluding carboxylic acids is 1. The summed E-state index contributed by atoms with van der Waals surface area (Å²) in [4.78, 5) is 20.8. The Morgan fingerprint density at radius 1 is 1.36 bits per heavy atom. The number of thiophene rings is 1. The first-order valence-corrected chi connectivity index (χ1v) is 8.13. The summed E-state index contributed by atoms with van der Waals surface area (Å²) in [6.07, 6.45) is 0.674. The topological polar surface area (TPSA) is 55.0 Å². The molecular formula is C16H14N2O2S2. The predicted molar refractivity (Wildman–Crippen MR) is 90.0 cm³/mol. The number of ether oxygens (including phenoxy) is 1. The molecule has 0 radical (unpaired) electrons. The fourth-order valence-corrected chi connectivity index (χ4v) is 3.44. The number of nitrogens with zero attached hydrogens (tertiary/aromatic N) is 1. The van der Waals surface area contributed by atoms with E-state index in [0.717, 1.165) is 21.6 Å². The quantitative estimate of drug-likeness (QED) is 0.577. The average Bonchev–Trinajstić information content (AvgIpc) is 2.93. The van der Waals surface area contributed by atoms with Gasteiger partial charge in [-0.05, 0) is 18.6 Å². The van der Waals surface area contributed by atoms with Crippen LogP contribution in [0.4, 0.5) is 0 Å². The van der Waals surface area contributed by atoms with Crippen molar-refractivity contribution >= 4 is 39.7 Å². The fourth-order valence-electron chi connectivity index (χ4n) is 2.15. The number of benzene rings is 1. The second kappa shape index (κ2) is 6.37. The SMILES string of the molecule is CCOC(=O)c1cc2c(=S)[nH]c(Cc3ccccc3)nc2s1. The van der Waals surface area contributed by atoms with Crippen LogP contribution in [-0.2, 0) is 11.2 Å². The van der Waals surface area contributed by atoms with Gasteiger partial charge in [-0.15, -0.1) is 11.3 Å². The number of rotatable bonds is 4. The van der Waals surface area contributed by atoms with Crippen LogP contribution in [-0.4, -0.2) is 22.5 Å². The molecule has 4 nitrogen and oxygen atoms in total. The monoisotopic (exact) mass is 330 g/mol. The highest BCUT2D eigenvalue weighted by atomic mass is 32.1. The molecule has 112 valence electrons. The van der Waals surface area contributed by atoms with E-state index in [0.29, 0.717) is 22.5 Å². The third-order valence-electron chi connectivity index (χ3n) is 3.14. The molecule has 3 aromatic rings. The highest BCUT2D eigenvalue weighted by molar-refractivity contribution is 7.71. The molecule has 1 N–H and O–H groups in total. The van der Waals surface area contributed by atoms with E-state index in [2.05, 4.69) is 9.97 Å². The van der Waals surface area contributed by atoms with E-state index >= 15 is 0 Å². The average molecular weight is 330 g/mol. The lowest BCUT2D eigenvalue weighted by molar-refractivity contribution is 0.0532. The molecule has 0 spiro atoms. The van der Waals surface area contributed by atoms with Crippen molar-refractivity contribution in [2.75, 3.05) is 6.61 Å². The summed E-state index contributed by atoms with van der Waals surface area (Å²) in [7, 11) is 0. The number of nitrogens with one attached hydrogen (secondary N) is 1. The number of hydrogen-bond donors (Lipinski definition) is 1. The Balaban J connectivity index is 1.97. The third kappa shape index (κ3) is 3.08. The van der Waals surface area contributed by atoms with Crippen LogP contribution in [0.2, 0.25) is 0 Å². The minimum absolute atomic E-state index is 0.329. The normalized spacial score (nSPS) is 10.8. The number of carbonyl (C=O) groups is 1. The summed E-state index contributed by atoms with van der Waals surface area (Å²) in [5.41, 5.74) is 1.15. The number of H-pyrrole nitrogens is 1. The number of fused-ring (bicyclic) bond motifs is 1. The molecule has 0 unspecified atom stereocenters. The fraction of sp³-hybridized carbons (Fsp3) is 0.188. The van der Waals surface area contributed by atoms with Crippen LogP contribution in [0.1, 0.15) is 28.0 Å². The summed E-state index contributed by atoms with van der Waals surface area (Å²) in [5.74, 6) is 0.463. The first-order valence-electron chi connectivity index (χ1n) is 6.91. The molecule has 1 aromatic carbocycles. The summed E-state index contributed by atoms with van der Waals surface area (Å²) >= 11 is 6.69. The molecule has 0 amide bonds. The van der Waals surface area contributed by atoms with Gasteiger partial charge in [-0.2, -0.15) is 0 Å². The zero-order chi connectivity index (χ0) is 15.5. The smallest absolute Gasteiger partial charge is 0.348 e. The van der Waals surface area contributed by atoms with Crippen molar-refractivity contribution in [3.63, 3.8) is 0 Å². The van der Waals surface area contributed by atoms with Crippen molar-refractivity contribution in [3.8, 4) is 0 Å². The van der Waals surface area contributed by atoms with Gasteiger partial charge in [0.15, 0.2) is 0 Å². The van der Waals surface area contributed by atoms with Gasteiger partial charge < -0.3 is 9.72 Å². The molecule has 6 heteroatoms. The van der Waals surface area contributed by atoms with Crippen LogP contribution in [0.3, 0.4) is 0 Å². The Kier molecular flexibility index (Phi) is 4.31. The van der Waals surface area contributed by atoms with Gasteiger partial charge in [0.25, 0.3) is 0 Å². The second-order valence-corrected chi connectivity index (χ2v) is 6.16. The van der Waals surface area contributed by atoms with E-state index < -0.39 is 0 Å². The van der Waals surface area contributed by atoms with E-state index in [1.54, 1.807) is 13.0 Å². The van der Waals surface area contributed by atoms with Gasteiger partial charge in [0.05, 0.1) is 6.61 Å².